The minimum atomic E-state index is -0.190. The molecule has 0 unspecified atom stereocenters. The van der Waals surface area contributed by atoms with Crippen LogP contribution in [0.2, 0.25) is 5.15 Å². The lowest BCUT2D eigenvalue weighted by molar-refractivity contribution is 0.0924. The molecule has 0 fully saturated rings. The second-order valence-corrected chi connectivity index (χ2v) is 5.82. The standard InChI is InChI=1S/C13H20ClN3O/c1-13(2,9-17(3)4)8-15-12(18)10-6-5-7-11(14)16-10/h5-7H,8-9H2,1-4H3,(H,15,18). The van der Waals surface area contributed by atoms with Gasteiger partial charge in [-0.05, 0) is 31.6 Å². The molecule has 0 bridgehead atoms. The molecule has 0 aliphatic carbocycles. The molecule has 1 aromatic heterocycles. The Bertz CT molecular complexity index is 418. The van der Waals surface area contributed by atoms with Crippen LogP contribution in [0, 0.1) is 5.41 Å². The fourth-order valence-corrected chi connectivity index (χ4v) is 2.02. The highest BCUT2D eigenvalue weighted by Gasteiger charge is 2.20. The van der Waals surface area contributed by atoms with E-state index in [-0.39, 0.29) is 11.3 Å². The predicted octanol–water partition coefficient (Wildman–Crippen LogP) is 2.05. The Morgan fingerprint density at radius 3 is 2.67 bits per heavy atom. The van der Waals surface area contributed by atoms with E-state index in [1.54, 1.807) is 18.2 Å². The molecule has 5 heteroatoms. The lowest BCUT2D eigenvalue weighted by Gasteiger charge is -2.28. The van der Waals surface area contributed by atoms with Crippen LogP contribution in [0.4, 0.5) is 0 Å². The molecular formula is C13H20ClN3O. The number of halogens is 1. The maximum atomic E-state index is 11.9. The van der Waals surface area contributed by atoms with Gasteiger partial charge in [0.05, 0.1) is 0 Å². The second kappa shape index (κ2) is 6.16. The summed E-state index contributed by atoms with van der Waals surface area (Å²) in [6, 6.07) is 5.02. The smallest absolute Gasteiger partial charge is 0.269 e. The van der Waals surface area contributed by atoms with Crippen LogP contribution in [0.5, 0.6) is 0 Å². The number of hydrogen-bond donors (Lipinski definition) is 1. The van der Waals surface area contributed by atoms with Crippen LogP contribution in [0.1, 0.15) is 24.3 Å². The zero-order chi connectivity index (χ0) is 13.8. The average Bonchev–Trinajstić information content (AvgIpc) is 2.24. The van der Waals surface area contributed by atoms with Gasteiger partial charge in [-0.15, -0.1) is 0 Å². The van der Waals surface area contributed by atoms with Crippen LogP contribution >= 0.6 is 11.6 Å². The van der Waals surface area contributed by atoms with Gasteiger partial charge in [0.25, 0.3) is 5.91 Å². The van der Waals surface area contributed by atoms with Gasteiger partial charge in [0.2, 0.25) is 0 Å². The third kappa shape index (κ3) is 5.02. The van der Waals surface area contributed by atoms with E-state index >= 15 is 0 Å². The summed E-state index contributed by atoms with van der Waals surface area (Å²) in [6.45, 7) is 5.71. The normalized spacial score (nSPS) is 11.7. The molecule has 0 spiro atoms. The van der Waals surface area contributed by atoms with E-state index in [4.69, 9.17) is 11.6 Å². The van der Waals surface area contributed by atoms with Crippen molar-refractivity contribution in [3.8, 4) is 0 Å². The Morgan fingerprint density at radius 2 is 2.11 bits per heavy atom. The van der Waals surface area contributed by atoms with Crippen molar-refractivity contribution in [3.63, 3.8) is 0 Å². The number of amides is 1. The first-order valence-corrected chi connectivity index (χ1v) is 6.23. The molecule has 4 nitrogen and oxygen atoms in total. The highest BCUT2D eigenvalue weighted by Crippen LogP contribution is 2.14. The van der Waals surface area contributed by atoms with Crippen LogP contribution in [0.25, 0.3) is 0 Å². The van der Waals surface area contributed by atoms with Gasteiger partial charge in [0, 0.05) is 13.1 Å². The number of rotatable bonds is 5. The number of aromatic nitrogens is 1. The summed E-state index contributed by atoms with van der Waals surface area (Å²) in [4.78, 5) is 18.0. The van der Waals surface area contributed by atoms with Crippen LogP contribution in [0.3, 0.4) is 0 Å². The molecule has 18 heavy (non-hydrogen) atoms. The zero-order valence-electron chi connectivity index (χ0n) is 11.3. The minimum absolute atomic E-state index is 0.0116. The molecule has 0 saturated carbocycles. The van der Waals surface area contributed by atoms with Gasteiger partial charge in [-0.1, -0.05) is 31.5 Å². The Morgan fingerprint density at radius 1 is 1.44 bits per heavy atom. The maximum absolute atomic E-state index is 11.9. The third-order valence-corrected chi connectivity index (χ3v) is 2.63. The van der Waals surface area contributed by atoms with E-state index < -0.39 is 0 Å². The predicted molar refractivity (Wildman–Crippen MR) is 73.9 cm³/mol. The fourth-order valence-electron chi connectivity index (χ4n) is 1.86. The van der Waals surface area contributed by atoms with Gasteiger partial charge in [0.15, 0.2) is 0 Å². The first-order valence-electron chi connectivity index (χ1n) is 5.86. The lowest BCUT2D eigenvalue weighted by Crippen LogP contribution is -2.40. The summed E-state index contributed by atoms with van der Waals surface area (Å²) >= 11 is 5.75. The molecular weight excluding hydrogens is 250 g/mol. The minimum Gasteiger partial charge on any atom is -0.350 e. The average molecular weight is 270 g/mol. The first kappa shape index (κ1) is 14.9. The van der Waals surface area contributed by atoms with Crippen molar-refractivity contribution in [3.05, 3.63) is 29.0 Å². The highest BCUT2D eigenvalue weighted by molar-refractivity contribution is 6.29. The van der Waals surface area contributed by atoms with Crippen molar-refractivity contribution < 1.29 is 4.79 Å². The number of carbonyl (C=O) groups is 1. The summed E-state index contributed by atoms with van der Waals surface area (Å²) < 4.78 is 0. The maximum Gasteiger partial charge on any atom is 0.269 e. The molecule has 1 heterocycles. The third-order valence-electron chi connectivity index (χ3n) is 2.42. The molecule has 0 radical (unpaired) electrons. The van der Waals surface area contributed by atoms with Crippen LogP contribution in [-0.4, -0.2) is 43.0 Å². The van der Waals surface area contributed by atoms with Crippen molar-refractivity contribution in [2.75, 3.05) is 27.2 Å². The fraction of sp³-hybridized carbons (Fsp3) is 0.538. The molecule has 0 aromatic carbocycles. The van der Waals surface area contributed by atoms with E-state index in [9.17, 15) is 4.79 Å². The van der Waals surface area contributed by atoms with E-state index in [2.05, 4.69) is 29.0 Å². The molecule has 1 amide bonds. The summed E-state index contributed by atoms with van der Waals surface area (Å²) in [5, 5.41) is 3.21. The van der Waals surface area contributed by atoms with Gasteiger partial charge < -0.3 is 10.2 Å². The Balaban J connectivity index is 2.56. The van der Waals surface area contributed by atoms with Crippen molar-refractivity contribution in [2.24, 2.45) is 5.41 Å². The first-order chi connectivity index (χ1) is 8.30. The molecule has 0 atom stereocenters. The monoisotopic (exact) mass is 269 g/mol. The molecule has 1 aromatic rings. The quantitative estimate of drug-likeness (QED) is 0.832. The van der Waals surface area contributed by atoms with Crippen LogP contribution in [-0.2, 0) is 0 Å². The van der Waals surface area contributed by atoms with E-state index in [0.717, 1.165) is 6.54 Å². The topological polar surface area (TPSA) is 45.2 Å². The number of hydrogen-bond acceptors (Lipinski definition) is 3. The van der Waals surface area contributed by atoms with Crippen LogP contribution < -0.4 is 5.32 Å². The molecule has 100 valence electrons. The Kier molecular flexibility index (Phi) is 5.11. The number of nitrogens with zero attached hydrogens (tertiary/aromatic N) is 2. The number of nitrogens with one attached hydrogen (secondary N) is 1. The van der Waals surface area contributed by atoms with Gasteiger partial charge >= 0.3 is 0 Å². The SMILES string of the molecule is CN(C)CC(C)(C)CNC(=O)c1cccc(Cl)n1. The van der Waals surface area contributed by atoms with Gasteiger partial charge in [0.1, 0.15) is 10.8 Å². The largest absolute Gasteiger partial charge is 0.350 e. The highest BCUT2D eigenvalue weighted by atomic mass is 35.5. The second-order valence-electron chi connectivity index (χ2n) is 5.43. The van der Waals surface area contributed by atoms with Crippen molar-refractivity contribution in [1.29, 1.82) is 0 Å². The molecule has 0 aliphatic heterocycles. The number of carbonyl (C=O) groups excluding carboxylic acids is 1. The van der Waals surface area contributed by atoms with Gasteiger partial charge in [-0.25, -0.2) is 4.98 Å². The summed E-state index contributed by atoms with van der Waals surface area (Å²) in [5.41, 5.74) is 0.362. The molecule has 0 aliphatic rings. The Labute approximate surface area is 113 Å². The van der Waals surface area contributed by atoms with E-state index in [0.29, 0.717) is 17.4 Å². The summed E-state index contributed by atoms with van der Waals surface area (Å²) in [5.74, 6) is -0.190. The van der Waals surface area contributed by atoms with Crippen molar-refractivity contribution in [2.45, 2.75) is 13.8 Å². The molecule has 0 saturated heterocycles. The van der Waals surface area contributed by atoms with Gasteiger partial charge in [-0.3, -0.25) is 4.79 Å². The zero-order valence-corrected chi connectivity index (χ0v) is 12.1. The van der Waals surface area contributed by atoms with Crippen LogP contribution in [0.15, 0.2) is 18.2 Å². The molecule has 1 rings (SSSR count). The summed E-state index contributed by atoms with van der Waals surface area (Å²) in [7, 11) is 4.03. The van der Waals surface area contributed by atoms with E-state index in [1.807, 2.05) is 14.1 Å². The lowest BCUT2D eigenvalue weighted by atomic mass is 9.93. The Hall–Kier alpha value is -1.13. The van der Waals surface area contributed by atoms with Gasteiger partial charge in [-0.2, -0.15) is 0 Å². The van der Waals surface area contributed by atoms with Crippen molar-refractivity contribution in [1.82, 2.24) is 15.2 Å². The van der Waals surface area contributed by atoms with Crippen molar-refractivity contribution >= 4 is 17.5 Å². The molecule has 1 N–H and O–H groups in total. The number of pyridine rings is 1. The summed E-state index contributed by atoms with van der Waals surface area (Å²) in [6.07, 6.45) is 0. The van der Waals surface area contributed by atoms with E-state index in [1.165, 1.54) is 0 Å².